The molecule has 0 aromatic heterocycles. The Balaban J connectivity index is 3.79. The summed E-state index contributed by atoms with van der Waals surface area (Å²) < 4.78 is 0. The van der Waals surface area contributed by atoms with Crippen LogP contribution < -0.4 is 10.6 Å². The number of hydrogen-bond acceptors (Lipinski definition) is 8. The largest absolute Gasteiger partial charge is 0.395 e. The lowest BCUT2D eigenvalue weighted by atomic mass is 10.2. The SMILES string of the molecule is O=C(C=CC(=O)NCCCCN(CCO)CCO)NCCCCN(CCO)CCO. The predicted octanol–water partition coefficient (Wildman–Crippen LogP) is -2.09. The van der Waals surface area contributed by atoms with Crippen LogP contribution in [0.4, 0.5) is 0 Å². The number of unbranched alkanes of at least 4 members (excludes halogenated alkanes) is 2. The molecule has 0 aromatic rings. The van der Waals surface area contributed by atoms with Gasteiger partial charge >= 0.3 is 0 Å². The van der Waals surface area contributed by atoms with Crippen molar-refractivity contribution in [2.45, 2.75) is 25.7 Å². The molecule has 0 saturated heterocycles. The summed E-state index contributed by atoms with van der Waals surface area (Å²) >= 11 is 0. The molecule has 0 heterocycles. The summed E-state index contributed by atoms with van der Waals surface area (Å²) in [4.78, 5) is 27.4. The van der Waals surface area contributed by atoms with Crippen molar-refractivity contribution in [1.82, 2.24) is 20.4 Å². The van der Waals surface area contributed by atoms with Crippen LogP contribution in [0.2, 0.25) is 0 Å². The second-order valence-corrected chi connectivity index (χ2v) is 6.91. The Labute approximate surface area is 179 Å². The lowest BCUT2D eigenvalue weighted by Gasteiger charge is -2.19. The van der Waals surface area contributed by atoms with Gasteiger partial charge in [0.15, 0.2) is 0 Å². The Kier molecular flexibility index (Phi) is 19.6. The molecule has 0 aliphatic rings. The maximum atomic E-state index is 11.7. The number of carbonyl (C=O) groups excluding carboxylic acids is 2. The number of hydrogen-bond donors (Lipinski definition) is 6. The van der Waals surface area contributed by atoms with Crippen LogP contribution in [0, 0.1) is 0 Å². The number of nitrogens with one attached hydrogen (secondary N) is 2. The van der Waals surface area contributed by atoms with E-state index in [0.29, 0.717) is 39.3 Å². The first-order valence-electron chi connectivity index (χ1n) is 10.7. The van der Waals surface area contributed by atoms with Gasteiger partial charge in [0.2, 0.25) is 11.8 Å². The van der Waals surface area contributed by atoms with E-state index < -0.39 is 0 Å². The quantitative estimate of drug-likeness (QED) is 0.0949. The summed E-state index contributed by atoms with van der Waals surface area (Å²) in [5.74, 6) is -0.646. The number of aliphatic hydroxyl groups is 4. The summed E-state index contributed by atoms with van der Waals surface area (Å²) in [6, 6.07) is 0. The van der Waals surface area contributed by atoms with E-state index in [2.05, 4.69) is 10.6 Å². The summed E-state index contributed by atoms with van der Waals surface area (Å²) in [7, 11) is 0. The molecule has 30 heavy (non-hydrogen) atoms. The predicted molar refractivity (Wildman–Crippen MR) is 115 cm³/mol. The van der Waals surface area contributed by atoms with Crippen molar-refractivity contribution in [3.05, 3.63) is 12.2 Å². The van der Waals surface area contributed by atoms with Gasteiger partial charge in [-0.15, -0.1) is 0 Å². The fourth-order valence-electron chi connectivity index (χ4n) is 2.85. The fourth-order valence-corrected chi connectivity index (χ4v) is 2.85. The van der Waals surface area contributed by atoms with Gasteiger partial charge in [-0.2, -0.15) is 0 Å². The standard InChI is InChI=1S/C20H40N4O6/c25-15-11-23(12-16-26)9-3-1-7-21-19(29)5-6-20(30)22-8-2-4-10-24(13-17-27)14-18-28/h5-6,25-28H,1-4,7-18H2,(H,21,29)(H,22,30). The zero-order valence-electron chi connectivity index (χ0n) is 18.0. The van der Waals surface area contributed by atoms with Gasteiger partial charge in [-0.05, 0) is 38.8 Å². The molecule has 0 saturated carbocycles. The maximum absolute atomic E-state index is 11.7. The molecule has 176 valence electrons. The highest BCUT2D eigenvalue weighted by atomic mass is 16.3. The minimum Gasteiger partial charge on any atom is -0.395 e. The van der Waals surface area contributed by atoms with Gasteiger partial charge in [0, 0.05) is 51.4 Å². The van der Waals surface area contributed by atoms with Crippen LogP contribution in [0.3, 0.4) is 0 Å². The van der Waals surface area contributed by atoms with Crippen molar-refractivity contribution in [2.75, 3.05) is 78.8 Å². The van der Waals surface area contributed by atoms with Crippen LogP contribution in [-0.4, -0.2) is 121 Å². The highest BCUT2D eigenvalue weighted by Gasteiger charge is 2.04. The minimum atomic E-state index is -0.323. The van der Waals surface area contributed by atoms with E-state index in [4.69, 9.17) is 20.4 Å². The number of carbonyl (C=O) groups is 2. The van der Waals surface area contributed by atoms with Crippen molar-refractivity contribution in [1.29, 1.82) is 0 Å². The molecule has 0 aliphatic carbocycles. The van der Waals surface area contributed by atoms with E-state index in [1.807, 2.05) is 9.80 Å². The zero-order valence-corrected chi connectivity index (χ0v) is 18.0. The van der Waals surface area contributed by atoms with Gasteiger partial charge in [0.25, 0.3) is 0 Å². The average Bonchev–Trinajstić information content (AvgIpc) is 2.72. The molecule has 10 heteroatoms. The number of nitrogens with zero attached hydrogens (tertiary/aromatic N) is 2. The highest BCUT2D eigenvalue weighted by Crippen LogP contribution is 1.95. The van der Waals surface area contributed by atoms with Gasteiger partial charge in [0.1, 0.15) is 0 Å². The monoisotopic (exact) mass is 432 g/mol. The Morgan fingerprint density at radius 2 is 0.900 bits per heavy atom. The first kappa shape index (κ1) is 28.4. The van der Waals surface area contributed by atoms with Crippen molar-refractivity contribution in [2.24, 2.45) is 0 Å². The van der Waals surface area contributed by atoms with Crippen LogP contribution >= 0.6 is 0 Å². The van der Waals surface area contributed by atoms with Crippen LogP contribution in [0.15, 0.2) is 12.2 Å². The van der Waals surface area contributed by atoms with Crippen molar-refractivity contribution < 1.29 is 30.0 Å². The Hall–Kier alpha value is -1.56. The molecule has 6 N–H and O–H groups in total. The fraction of sp³-hybridized carbons (Fsp3) is 0.800. The van der Waals surface area contributed by atoms with E-state index in [0.717, 1.165) is 38.8 Å². The maximum Gasteiger partial charge on any atom is 0.244 e. The molecular formula is C20H40N4O6. The highest BCUT2D eigenvalue weighted by molar-refractivity contribution is 5.96. The molecule has 0 fully saturated rings. The molecule has 10 nitrogen and oxygen atoms in total. The smallest absolute Gasteiger partial charge is 0.244 e. The average molecular weight is 433 g/mol. The molecule has 0 spiro atoms. The summed E-state index contributed by atoms with van der Waals surface area (Å²) in [6.45, 7) is 4.77. The topological polar surface area (TPSA) is 146 Å². The molecule has 0 aliphatic heterocycles. The van der Waals surface area contributed by atoms with Crippen molar-refractivity contribution in [3.8, 4) is 0 Å². The lowest BCUT2D eigenvalue weighted by molar-refractivity contribution is -0.118. The van der Waals surface area contributed by atoms with E-state index in [1.165, 1.54) is 12.2 Å². The number of amides is 2. The van der Waals surface area contributed by atoms with Gasteiger partial charge in [-0.1, -0.05) is 0 Å². The van der Waals surface area contributed by atoms with Gasteiger partial charge in [0.05, 0.1) is 26.4 Å². The van der Waals surface area contributed by atoms with Crippen LogP contribution in [-0.2, 0) is 9.59 Å². The molecule has 0 radical (unpaired) electrons. The number of aliphatic hydroxyl groups excluding tert-OH is 4. The third-order valence-corrected chi connectivity index (χ3v) is 4.45. The zero-order chi connectivity index (χ0) is 22.5. The Morgan fingerprint density at radius 3 is 1.20 bits per heavy atom. The van der Waals surface area contributed by atoms with Crippen molar-refractivity contribution in [3.63, 3.8) is 0 Å². The second-order valence-electron chi connectivity index (χ2n) is 6.91. The van der Waals surface area contributed by atoms with E-state index in [1.54, 1.807) is 0 Å². The lowest BCUT2D eigenvalue weighted by Crippen LogP contribution is -2.31. The third kappa shape index (κ3) is 17.3. The molecule has 0 atom stereocenters. The van der Waals surface area contributed by atoms with E-state index in [-0.39, 0.29) is 38.2 Å². The van der Waals surface area contributed by atoms with Crippen LogP contribution in [0.5, 0.6) is 0 Å². The minimum absolute atomic E-state index is 0.0511. The summed E-state index contributed by atoms with van der Waals surface area (Å²) in [5.41, 5.74) is 0. The summed E-state index contributed by atoms with van der Waals surface area (Å²) in [6.07, 6.45) is 5.62. The molecule has 2 amide bonds. The second kappa shape index (κ2) is 20.7. The first-order valence-corrected chi connectivity index (χ1v) is 10.7. The normalized spacial score (nSPS) is 11.5. The van der Waals surface area contributed by atoms with E-state index >= 15 is 0 Å². The Bertz CT molecular complexity index is 413. The molecule has 0 rings (SSSR count). The molecular weight excluding hydrogens is 392 g/mol. The first-order chi connectivity index (χ1) is 14.6. The number of rotatable bonds is 20. The van der Waals surface area contributed by atoms with E-state index in [9.17, 15) is 9.59 Å². The van der Waals surface area contributed by atoms with Gasteiger partial charge < -0.3 is 31.1 Å². The van der Waals surface area contributed by atoms with Crippen LogP contribution in [0.25, 0.3) is 0 Å². The van der Waals surface area contributed by atoms with Gasteiger partial charge in [-0.3, -0.25) is 19.4 Å². The summed E-state index contributed by atoms with van der Waals surface area (Å²) in [5, 5.41) is 41.2. The third-order valence-electron chi connectivity index (χ3n) is 4.45. The Morgan fingerprint density at radius 1 is 0.567 bits per heavy atom. The molecule has 0 aromatic carbocycles. The molecule has 0 unspecified atom stereocenters. The van der Waals surface area contributed by atoms with Gasteiger partial charge in [-0.25, -0.2) is 0 Å². The molecule has 0 bridgehead atoms. The van der Waals surface area contributed by atoms with Crippen molar-refractivity contribution >= 4 is 11.8 Å². The van der Waals surface area contributed by atoms with Crippen LogP contribution in [0.1, 0.15) is 25.7 Å².